The number of benzene rings is 1. The number of hydrogen-bond acceptors (Lipinski definition) is 3. The molecule has 6 heteroatoms. The summed E-state index contributed by atoms with van der Waals surface area (Å²) >= 11 is 6.04. The summed E-state index contributed by atoms with van der Waals surface area (Å²) in [5, 5.41) is 3.68. The molecule has 30 heavy (non-hydrogen) atoms. The number of rotatable bonds is 5. The average Bonchev–Trinajstić information content (AvgIpc) is 3.12. The molecular formula is C24H33ClN2O3. The lowest BCUT2D eigenvalue weighted by Crippen LogP contribution is -2.56. The molecule has 0 bridgehead atoms. The highest BCUT2D eigenvalue weighted by molar-refractivity contribution is 6.30. The van der Waals surface area contributed by atoms with Gasteiger partial charge in [0.15, 0.2) is 0 Å². The van der Waals surface area contributed by atoms with Crippen molar-refractivity contribution in [2.45, 2.75) is 65.3 Å². The summed E-state index contributed by atoms with van der Waals surface area (Å²) in [5.74, 6) is -0.0215. The Hall–Kier alpha value is -1.88. The number of halogens is 1. The van der Waals surface area contributed by atoms with Gasteiger partial charge in [0.2, 0.25) is 11.8 Å². The Morgan fingerprint density at radius 3 is 2.37 bits per heavy atom. The van der Waals surface area contributed by atoms with E-state index in [1.807, 2.05) is 30.9 Å². The summed E-state index contributed by atoms with van der Waals surface area (Å²) in [5.41, 5.74) is 1.15. The van der Waals surface area contributed by atoms with Crippen molar-refractivity contribution in [2.75, 3.05) is 13.1 Å². The van der Waals surface area contributed by atoms with Crippen LogP contribution in [0.4, 0.5) is 0 Å². The van der Waals surface area contributed by atoms with Crippen LogP contribution in [0.15, 0.2) is 24.3 Å². The minimum absolute atomic E-state index is 0.0179. The van der Waals surface area contributed by atoms with Crippen molar-refractivity contribution in [3.05, 3.63) is 34.9 Å². The zero-order chi connectivity index (χ0) is 22.1. The van der Waals surface area contributed by atoms with Crippen LogP contribution in [0.1, 0.15) is 64.9 Å². The van der Waals surface area contributed by atoms with E-state index in [1.165, 1.54) is 5.56 Å². The van der Waals surface area contributed by atoms with E-state index in [1.54, 1.807) is 0 Å². The maximum atomic E-state index is 13.4. The molecule has 3 atom stereocenters. The van der Waals surface area contributed by atoms with Gasteiger partial charge in [0.05, 0.1) is 0 Å². The van der Waals surface area contributed by atoms with Crippen molar-refractivity contribution in [3.63, 3.8) is 0 Å². The van der Waals surface area contributed by atoms with Gasteiger partial charge in [0.1, 0.15) is 11.8 Å². The van der Waals surface area contributed by atoms with Crippen LogP contribution < -0.4 is 5.32 Å². The molecule has 1 saturated heterocycles. The largest absolute Gasteiger partial charge is 0.344 e. The summed E-state index contributed by atoms with van der Waals surface area (Å²) in [6, 6.07) is 7.43. The average molecular weight is 433 g/mol. The maximum Gasteiger partial charge on any atom is 0.245 e. The fourth-order valence-corrected chi connectivity index (χ4v) is 5.00. The summed E-state index contributed by atoms with van der Waals surface area (Å²) in [7, 11) is 0. The van der Waals surface area contributed by atoms with Crippen molar-refractivity contribution in [3.8, 4) is 0 Å². The Morgan fingerprint density at radius 2 is 1.83 bits per heavy atom. The predicted molar refractivity (Wildman–Crippen MR) is 118 cm³/mol. The van der Waals surface area contributed by atoms with Crippen molar-refractivity contribution < 1.29 is 14.4 Å². The molecule has 3 rings (SSSR count). The molecule has 3 unspecified atom stereocenters. The van der Waals surface area contributed by atoms with Gasteiger partial charge in [0, 0.05) is 36.9 Å². The lowest BCUT2D eigenvalue weighted by molar-refractivity contribution is -0.141. The van der Waals surface area contributed by atoms with Crippen LogP contribution in [0.3, 0.4) is 0 Å². The van der Waals surface area contributed by atoms with Gasteiger partial charge < -0.3 is 10.2 Å². The van der Waals surface area contributed by atoms with Crippen molar-refractivity contribution in [1.82, 2.24) is 10.2 Å². The van der Waals surface area contributed by atoms with Crippen LogP contribution in [-0.2, 0) is 14.4 Å². The summed E-state index contributed by atoms with van der Waals surface area (Å²) in [6.45, 7) is 9.59. The highest BCUT2D eigenvalue weighted by Crippen LogP contribution is 2.42. The van der Waals surface area contributed by atoms with E-state index in [-0.39, 0.29) is 34.8 Å². The molecule has 2 fully saturated rings. The quantitative estimate of drug-likeness (QED) is 0.758. The molecule has 1 aromatic rings. The van der Waals surface area contributed by atoms with Gasteiger partial charge in [-0.25, -0.2) is 0 Å². The fraction of sp³-hybridized carbons (Fsp3) is 0.625. The second kappa shape index (κ2) is 9.09. The first-order valence-corrected chi connectivity index (χ1v) is 11.3. The Morgan fingerprint density at radius 1 is 1.17 bits per heavy atom. The molecule has 1 N–H and O–H groups in total. The van der Waals surface area contributed by atoms with Crippen LogP contribution >= 0.6 is 11.6 Å². The Kier molecular flexibility index (Phi) is 6.91. The Bertz CT molecular complexity index is 803. The van der Waals surface area contributed by atoms with Gasteiger partial charge in [-0.1, -0.05) is 51.4 Å². The van der Waals surface area contributed by atoms with Crippen LogP contribution in [-0.4, -0.2) is 41.6 Å². The van der Waals surface area contributed by atoms with E-state index in [0.29, 0.717) is 38.3 Å². The topological polar surface area (TPSA) is 66.5 Å². The third kappa shape index (κ3) is 5.05. The van der Waals surface area contributed by atoms with E-state index >= 15 is 0 Å². The molecule has 0 spiro atoms. The van der Waals surface area contributed by atoms with Crippen molar-refractivity contribution >= 4 is 29.2 Å². The van der Waals surface area contributed by atoms with Gasteiger partial charge in [-0.15, -0.1) is 0 Å². The van der Waals surface area contributed by atoms with Crippen LogP contribution in [0, 0.1) is 17.3 Å². The highest BCUT2D eigenvalue weighted by Gasteiger charge is 2.41. The number of ketones is 1. The number of carbonyl (C=O) groups is 3. The number of Topliss-reactive ketones (excluding diaryl/α,β-unsaturated/α-hetero) is 1. The first-order valence-electron chi connectivity index (χ1n) is 10.9. The molecule has 1 heterocycles. The van der Waals surface area contributed by atoms with E-state index in [9.17, 15) is 14.4 Å². The van der Waals surface area contributed by atoms with Gasteiger partial charge in [0.25, 0.3) is 0 Å². The fourth-order valence-electron chi connectivity index (χ4n) is 4.88. The third-order valence-corrected chi connectivity index (χ3v) is 6.91. The standard InChI is InChI=1S/C24H33ClN2O3/c1-15(2)21(26-22(29)17-7-10-19(28)13-17)23(30)27-12-11-20(24(3,4)14-27)16-5-8-18(25)9-6-16/h5-6,8-9,15,17,20-21H,7,10-14H2,1-4H3,(H,26,29). The molecule has 0 radical (unpaired) electrons. The number of likely N-dealkylation sites (tertiary alicyclic amines) is 1. The molecule has 1 aliphatic heterocycles. The number of nitrogens with one attached hydrogen (secondary N) is 1. The first-order chi connectivity index (χ1) is 14.1. The lowest BCUT2D eigenvalue weighted by atomic mass is 9.70. The van der Waals surface area contributed by atoms with Crippen LogP contribution in [0.5, 0.6) is 0 Å². The van der Waals surface area contributed by atoms with Crippen molar-refractivity contribution in [1.29, 1.82) is 0 Å². The third-order valence-electron chi connectivity index (χ3n) is 6.66. The molecular weight excluding hydrogens is 400 g/mol. The zero-order valence-corrected chi connectivity index (χ0v) is 19.2. The first kappa shape index (κ1) is 22.8. The number of piperidine rings is 1. The Labute approximate surface area is 184 Å². The van der Waals surface area contributed by atoms with Gasteiger partial charge in [-0.05, 0) is 47.8 Å². The minimum atomic E-state index is -0.559. The molecule has 1 aliphatic carbocycles. The van der Waals surface area contributed by atoms with Crippen LogP contribution in [0.2, 0.25) is 5.02 Å². The van der Waals surface area contributed by atoms with Crippen LogP contribution in [0.25, 0.3) is 0 Å². The van der Waals surface area contributed by atoms with Gasteiger partial charge >= 0.3 is 0 Å². The summed E-state index contributed by atoms with van der Waals surface area (Å²) in [6.07, 6.45) is 2.22. The Balaban J connectivity index is 1.68. The predicted octanol–water partition coefficient (Wildman–Crippen LogP) is 4.19. The normalized spacial score (nSPS) is 24.7. The monoisotopic (exact) mass is 432 g/mol. The molecule has 164 valence electrons. The SMILES string of the molecule is CC(C)C(NC(=O)C1CCC(=O)C1)C(=O)N1CCC(c2ccc(Cl)cc2)C(C)(C)C1. The van der Waals surface area contributed by atoms with E-state index < -0.39 is 6.04 Å². The molecule has 1 saturated carbocycles. The number of amides is 2. The molecule has 2 aliphatic rings. The summed E-state index contributed by atoms with van der Waals surface area (Å²) < 4.78 is 0. The van der Waals surface area contributed by atoms with Gasteiger partial charge in [-0.3, -0.25) is 14.4 Å². The molecule has 0 aromatic heterocycles. The molecule has 5 nitrogen and oxygen atoms in total. The second-order valence-electron chi connectivity index (χ2n) is 9.85. The van der Waals surface area contributed by atoms with E-state index in [4.69, 9.17) is 11.6 Å². The number of nitrogens with zero attached hydrogens (tertiary/aromatic N) is 1. The minimum Gasteiger partial charge on any atom is -0.344 e. The van der Waals surface area contributed by atoms with Crippen molar-refractivity contribution in [2.24, 2.45) is 17.3 Å². The maximum absolute atomic E-state index is 13.4. The molecule has 1 aromatic carbocycles. The van der Waals surface area contributed by atoms with E-state index in [2.05, 4.69) is 31.3 Å². The van der Waals surface area contributed by atoms with E-state index in [0.717, 1.165) is 11.4 Å². The van der Waals surface area contributed by atoms with Gasteiger partial charge in [-0.2, -0.15) is 0 Å². The number of hydrogen-bond donors (Lipinski definition) is 1. The molecule has 2 amide bonds. The number of carbonyl (C=O) groups excluding carboxylic acids is 3. The smallest absolute Gasteiger partial charge is 0.245 e. The second-order valence-corrected chi connectivity index (χ2v) is 10.3. The lowest BCUT2D eigenvalue weighted by Gasteiger charge is -2.45. The zero-order valence-electron chi connectivity index (χ0n) is 18.4. The summed E-state index contributed by atoms with van der Waals surface area (Å²) in [4.78, 5) is 39.4. The highest BCUT2D eigenvalue weighted by atomic mass is 35.5.